The maximum atomic E-state index is 9.41. The molecule has 1 N–H and O–H groups in total. The van der Waals surface area contributed by atoms with E-state index in [2.05, 4.69) is 6.92 Å². The first-order chi connectivity index (χ1) is 4.29. The molecule has 1 nitrogen and oxygen atoms in total. The van der Waals surface area contributed by atoms with Gasteiger partial charge in [-0.2, -0.15) is 4.55 Å². The topological polar surface area (TPSA) is 20.2 Å². The van der Waals surface area contributed by atoms with Crippen molar-refractivity contribution in [1.82, 2.24) is 0 Å². The van der Waals surface area contributed by atoms with Gasteiger partial charge >= 0.3 is 0 Å². The van der Waals surface area contributed by atoms with Crippen LogP contribution in [0.15, 0.2) is 0 Å². The number of hydrogen-bond acceptors (Lipinski definition) is 1. The summed E-state index contributed by atoms with van der Waals surface area (Å²) in [5.74, 6) is 2.93. The van der Waals surface area contributed by atoms with E-state index in [-0.39, 0.29) is 11.2 Å². The van der Waals surface area contributed by atoms with Crippen LogP contribution in [0.25, 0.3) is 0 Å². The third-order valence-corrected chi connectivity index (χ3v) is 4.87. The van der Waals surface area contributed by atoms with E-state index in [1.54, 1.807) is 0 Å². The minimum atomic E-state index is -0.215. The third-order valence-electron chi connectivity index (χ3n) is 2.89. The zero-order valence-electron chi connectivity index (χ0n) is 5.71. The summed E-state index contributed by atoms with van der Waals surface area (Å²) in [6, 6.07) is 0. The zero-order chi connectivity index (χ0) is 6.43. The fraction of sp³-hybridized carbons (Fsp3) is 1.00. The Balaban J connectivity index is 2.07. The summed E-state index contributed by atoms with van der Waals surface area (Å²) >= 11 is -0.215. The largest absolute Gasteiger partial charge is 0.187 e. The first-order valence-electron chi connectivity index (χ1n) is 3.68. The molecule has 0 amide bonds. The van der Waals surface area contributed by atoms with E-state index >= 15 is 0 Å². The van der Waals surface area contributed by atoms with Gasteiger partial charge < -0.3 is 0 Å². The zero-order valence-corrected chi connectivity index (χ0v) is 6.53. The van der Waals surface area contributed by atoms with E-state index in [0.717, 1.165) is 17.6 Å². The fourth-order valence-corrected chi connectivity index (χ4v) is 3.91. The second-order valence-corrected chi connectivity index (χ2v) is 5.15. The molecule has 52 valence electrons. The summed E-state index contributed by atoms with van der Waals surface area (Å²) in [6.45, 7) is 2.20. The number of rotatable bonds is 0. The molecule has 2 rings (SSSR count). The minimum absolute atomic E-state index is 0.215. The van der Waals surface area contributed by atoms with Crippen molar-refractivity contribution >= 4 is 11.2 Å². The van der Waals surface area contributed by atoms with E-state index in [9.17, 15) is 4.55 Å². The van der Waals surface area contributed by atoms with Crippen molar-refractivity contribution in [2.24, 2.45) is 11.8 Å². The lowest BCUT2D eigenvalue weighted by Gasteiger charge is -2.27. The summed E-state index contributed by atoms with van der Waals surface area (Å²) < 4.78 is 9.41. The highest BCUT2D eigenvalue weighted by molar-refractivity contribution is 7.92. The highest BCUT2D eigenvalue weighted by atomic mass is 32.2. The highest BCUT2D eigenvalue weighted by Crippen LogP contribution is 2.46. The molecule has 1 saturated carbocycles. The maximum absolute atomic E-state index is 9.41. The second-order valence-electron chi connectivity index (χ2n) is 3.27. The normalized spacial score (nSPS) is 56.7. The molecule has 0 bridgehead atoms. The molecule has 1 heterocycles. The van der Waals surface area contributed by atoms with Gasteiger partial charge in [-0.05, 0) is 19.8 Å². The minimum Gasteiger partial charge on any atom is -0.187 e. The standard InChI is InChI=1S/C7H13OS/c1-5-7-3-2-6(7)4-9(5)8/h5-8H,2-4H2,1H3/q+1/t5?,6-,7+,9?/m1/s1. The first kappa shape index (κ1) is 6.05. The Labute approximate surface area is 59.0 Å². The molecule has 0 aromatic heterocycles. The van der Waals surface area contributed by atoms with Crippen LogP contribution in [-0.4, -0.2) is 15.6 Å². The maximum Gasteiger partial charge on any atom is 0.151 e. The number of fused-ring (bicyclic) bond motifs is 1. The summed E-state index contributed by atoms with van der Waals surface area (Å²) in [4.78, 5) is 0. The quantitative estimate of drug-likeness (QED) is 0.512. The van der Waals surface area contributed by atoms with Crippen molar-refractivity contribution in [3.8, 4) is 0 Å². The average molecular weight is 145 g/mol. The highest BCUT2D eigenvalue weighted by Gasteiger charge is 2.52. The van der Waals surface area contributed by atoms with Gasteiger partial charge in [-0.15, -0.1) is 0 Å². The summed E-state index contributed by atoms with van der Waals surface area (Å²) in [7, 11) is 0. The van der Waals surface area contributed by atoms with Crippen LogP contribution in [0, 0.1) is 11.8 Å². The third kappa shape index (κ3) is 0.729. The van der Waals surface area contributed by atoms with Crippen LogP contribution in [0.3, 0.4) is 0 Å². The molecule has 2 unspecified atom stereocenters. The Morgan fingerprint density at radius 3 is 2.44 bits per heavy atom. The van der Waals surface area contributed by atoms with Gasteiger partial charge in [0, 0.05) is 11.8 Å². The molecular formula is C7H13OS+. The molecule has 4 atom stereocenters. The smallest absolute Gasteiger partial charge is 0.151 e. The van der Waals surface area contributed by atoms with Gasteiger partial charge in [0.1, 0.15) is 16.9 Å². The van der Waals surface area contributed by atoms with Crippen LogP contribution in [0.2, 0.25) is 0 Å². The van der Waals surface area contributed by atoms with Gasteiger partial charge in [0.2, 0.25) is 0 Å². The molecule has 0 spiro atoms. The van der Waals surface area contributed by atoms with Gasteiger partial charge in [0.05, 0.1) is 0 Å². The van der Waals surface area contributed by atoms with Gasteiger partial charge in [0.25, 0.3) is 0 Å². The molecular weight excluding hydrogens is 132 g/mol. The lowest BCUT2D eigenvalue weighted by Crippen LogP contribution is -2.27. The first-order valence-corrected chi connectivity index (χ1v) is 5.09. The van der Waals surface area contributed by atoms with Gasteiger partial charge in [-0.1, -0.05) is 0 Å². The molecule has 2 fully saturated rings. The lowest BCUT2D eigenvalue weighted by molar-refractivity contribution is 0.217. The molecule has 1 saturated heterocycles. The lowest BCUT2D eigenvalue weighted by atomic mass is 9.74. The van der Waals surface area contributed by atoms with Crippen molar-refractivity contribution in [3.63, 3.8) is 0 Å². The van der Waals surface area contributed by atoms with Crippen LogP contribution in [0.4, 0.5) is 0 Å². The Morgan fingerprint density at radius 2 is 2.22 bits per heavy atom. The molecule has 0 radical (unpaired) electrons. The van der Waals surface area contributed by atoms with Crippen molar-refractivity contribution < 1.29 is 4.55 Å². The summed E-state index contributed by atoms with van der Waals surface area (Å²) in [5.41, 5.74) is 0. The van der Waals surface area contributed by atoms with Gasteiger partial charge in [-0.25, -0.2) is 0 Å². The van der Waals surface area contributed by atoms with Crippen LogP contribution >= 0.6 is 0 Å². The van der Waals surface area contributed by atoms with Gasteiger partial charge in [0.15, 0.2) is 5.25 Å². The Bertz CT molecular complexity index is 122. The Kier molecular flexibility index (Phi) is 1.27. The summed E-state index contributed by atoms with van der Waals surface area (Å²) in [5, 5.41) is 0.628. The van der Waals surface area contributed by atoms with Crippen molar-refractivity contribution in [2.75, 3.05) is 5.75 Å². The average Bonchev–Trinajstić information content (AvgIpc) is 1.92. The predicted octanol–water partition coefficient (Wildman–Crippen LogP) is 1.51. The SMILES string of the molecule is CC1[C@@H]2CC[C@@H]2C[S+]1O. The van der Waals surface area contributed by atoms with Crippen molar-refractivity contribution in [2.45, 2.75) is 25.0 Å². The second kappa shape index (κ2) is 1.89. The Hall–Kier alpha value is 0.310. The molecule has 9 heavy (non-hydrogen) atoms. The van der Waals surface area contributed by atoms with Crippen LogP contribution in [-0.2, 0) is 11.2 Å². The van der Waals surface area contributed by atoms with Crippen molar-refractivity contribution in [1.29, 1.82) is 0 Å². The van der Waals surface area contributed by atoms with Crippen LogP contribution in [0.5, 0.6) is 0 Å². The molecule has 2 aliphatic rings. The van der Waals surface area contributed by atoms with E-state index in [0.29, 0.717) is 5.25 Å². The van der Waals surface area contributed by atoms with E-state index < -0.39 is 0 Å². The molecule has 1 aliphatic carbocycles. The van der Waals surface area contributed by atoms with Crippen molar-refractivity contribution in [3.05, 3.63) is 0 Å². The van der Waals surface area contributed by atoms with E-state index in [1.807, 2.05) is 0 Å². The van der Waals surface area contributed by atoms with Gasteiger partial charge in [-0.3, -0.25) is 0 Å². The summed E-state index contributed by atoms with van der Waals surface area (Å²) in [6.07, 6.45) is 2.77. The monoisotopic (exact) mass is 145 g/mol. The Morgan fingerprint density at radius 1 is 1.44 bits per heavy atom. The molecule has 0 aromatic rings. The molecule has 1 aliphatic heterocycles. The van der Waals surface area contributed by atoms with E-state index in [4.69, 9.17) is 0 Å². The predicted molar refractivity (Wildman–Crippen MR) is 40.5 cm³/mol. The van der Waals surface area contributed by atoms with Crippen LogP contribution in [0.1, 0.15) is 19.8 Å². The van der Waals surface area contributed by atoms with E-state index in [1.165, 1.54) is 12.8 Å². The number of hydrogen-bond donors (Lipinski definition) is 1. The molecule has 2 heteroatoms. The van der Waals surface area contributed by atoms with Crippen LogP contribution < -0.4 is 0 Å². The molecule has 0 aromatic carbocycles. The fourth-order valence-electron chi connectivity index (χ4n) is 1.99.